The van der Waals surface area contributed by atoms with E-state index in [4.69, 9.17) is 11.6 Å². The SMILES string of the molecule is Cc1ccc2c(c1)CCC1NCCC21S(=O)(=O)c1ccc(C)c(Cl)c1. The lowest BCUT2D eigenvalue weighted by Crippen LogP contribution is -2.49. The summed E-state index contributed by atoms with van der Waals surface area (Å²) in [6.45, 7) is 4.66. The number of sulfone groups is 1. The standard InChI is InChI=1S/C20H22ClNO2S/c1-13-3-7-17-15(11-13)5-8-19-20(17,9-10-22-19)25(23,24)16-6-4-14(2)18(21)12-16/h3-4,6-7,11-12,19,22H,5,8-10H2,1-2H3. The summed E-state index contributed by atoms with van der Waals surface area (Å²) in [5.74, 6) is 0. The van der Waals surface area contributed by atoms with E-state index >= 15 is 0 Å². The van der Waals surface area contributed by atoms with E-state index in [1.54, 1.807) is 18.2 Å². The van der Waals surface area contributed by atoms with Gasteiger partial charge in [0.15, 0.2) is 9.84 Å². The van der Waals surface area contributed by atoms with Crippen molar-refractivity contribution in [3.8, 4) is 0 Å². The molecule has 0 bridgehead atoms. The van der Waals surface area contributed by atoms with Crippen LogP contribution in [0.1, 0.15) is 35.1 Å². The first-order valence-corrected chi connectivity index (χ1v) is 10.6. The molecule has 2 unspecified atom stereocenters. The van der Waals surface area contributed by atoms with Gasteiger partial charge in [-0.25, -0.2) is 8.42 Å². The average molecular weight is 376 g/mol. The minimum absolute atomic E-state index is 0.0483. The van der Waals surface area contributed by atoms with Gasteiger partial charge in [-0.15, -0.1) is 0 Å². The molecule has 1 fully saturated rings. The lowest BCUT2D eigenvalue weighted by atomic mass is 9.78. The Morgan fingerprint density at radius 2 is 1.96 bits per heavy atom. The molecule has 5 heteroatoms. The Hall–Kier alpha value is -1.36. The first-order chi connectivity index (χ1) is 11.9. The monoisotopic (exact) mass is 375 g/mol. The highest BCUT2D eigenvalue weighted by Crippen LogP contribution is 2.49. The molecule has 2 aliphatic rings. The molecule has 2 atom stereocenters. The van der Waals surface area contributed by atoms with Crippen LogP contribution in [0.15, 0.2) is 41.3 Å². The Morgan fingerprint density at radius 1 is 1.16 bits per heavy atom. The highest BCUT2D eigenvalue weighted by Gasteiger charge is 2.56. The molecule has 25 heavy (non-hydrogen) atoms. The molecule has 2 aromatic carbocycles. The van der Waals surface area contributed by atoms with Crippen LogP contribution in [0.2, 0.25) is 5.02 Å². The molecule has 4 rings (SSSR count). The molecule has 1 aliphatic carbocycles. The molecule has 1 aliphatic heterocycles. The van der Waals surface area contributed by atoms with Crippen molar-refractivity contribution in [2.75, 3.05) is 6.54 Å². The van der Waals surface area contributed by atoms with Crippen LogP contribution < -0.4 is 5.32 Å². The Bertz CT molecular complexity index is 954. The van der Waals surface area contributed by atoms with E-state index in [-0.39, 0.29) is 6.04 Å². The van der Waals surface area contributed by atoms with Gasteiger partial charge in [-0.3, -0.25) is 0 Å². The van der Waals surface area contributed by atoms with Crippen molar-refractivity contribution < 1.29 is 8.42 Å². The van der Waals surface area contributed by atoms with Gasteiger partial charge in [0.05, 0.1) is 4.90 Å². The predicted octanol–water partition coefficient (Wildman–Crippen LogP) is 3.93. The van der Waals surface area contributed by atoms with Crippen molar-refractivity contribution in [3.63, 3.8) is 0 Å². The fraction of sp³-hybridized carbons (Fsp3) is 0.400. The number of hydrogen-bond donors (Lipinski definition) is 1. The van der Waals surface area contributed by atoms with Crippen molar-refractivity contribution in [3.05, 3.63) is 63.7 Å². The van der Waals surface area contributed by atoms with Gasteiger partial charge < -0.3 is 5.32 Å². The Morgan fingerprint density at radius 3 is 2.72 bits per heavy atom. The molecule has 0 saturated carbocycles. The van der Waals surface area contributed by atoms with E-state index in [0.29, 0.717) is 16.3 Å². The number of hydrogen-bond acceptors (Lipinski definition) is 3. The van der Waals surface area contributed by atoms with E-state index in [1.165, 1.54) is 11.1 Å². The Balaban J connectivity index is 1.96. The summed E-state index contributed by atoms with van der Waals surface area (Å²) in [7, 11) is -3.57. The van der Waals surface area contributed by atoms with Gasteiger partial charge in [-0.1, -0.05) is 41.4 Å². The van der Waals surface area contributed by atoms with Crippen LogP contribution in [0.3, 0.4) is 0 Å². The summed E-state index contributed by atoms with van der Waals surface area (Å²) in [6, 6.07) is 11.2. The Kier molecular flexibility index (Phi) is 3.98. The van der Waals surface area contributed by atoms with Crippen LogP contribution in [-0.2, 0) is 21.0 Å². The maximum atomic E-state index is 13.8. The smallest absolute Gasteiger partial charge is 0.189 e. The molecule has 1 saturated heterocycles. The van der Waals surface area contributed by atoms with E-state index in [9.17, 15) is 8.42 Å². The van der Waals surface area contributed by atoms with Gasteiger partial charge >= 0.3 is 0 Å². The van der Waals surface area contributed by atoms with Crippen molar-refractivity contribution in [1.82, 2.24) is 5.32 Å². The molecule has 1 heterocycles. The van der Waals surface area contributed by atoms with Crippen molar-refractivity contribution in [1.29, 1.82) is 0 Å². The van der Waals surface area contributed by atoms with E-state index in [1.807, 2.05) is 19.1 Å². The molecule has 3 nitrogen and oxygen atoms in total. The molecular formula is C20H22ClNO2S. The Labute approximate surface area is 154 Å². The summed E-state index contributed by atoms with van der Waals surface area (Å²) in [5, 5.41) is 3.94. The zero-order valence-electron chi connectivity index (χ0n) is 14.5. The molecule has 0 radical (unpaired) electrons. The fourth-order valence-corrected chi connectivity index (χ4v) is 7.11. The number of halogens is 1. The van der Waals surface area contributed by atoms with Gasteiger partial charge in [0.1, 0.15) is 4.75 Å². The van der Waals surface area contributed by atoms with Gasteiger partial charge in [-0.2, -0.15) is 0 Å². The van der Waals surface area contributed by atoms with E-state index < -0.39 is 14.6 Å². The number of benzene rings is 2. The van der Waals surface area contributed by atoms with Crippen LogP contribution in [0.25, 0.3) is 0 Å². The predicted molar refractivity (Wildman–Crippen MR) is 101 cm³/mol. The third-order valence-electron chi connectivity index (χ3n) is 5.80. The lowest BCUT2D eigenvalue weighted by Gasteiger charge is -2.40. The highest BCUT2D eigenvalue weighted by molar-refractivity contribution is 7.92. The fourth-order valence-electron chi connectivity index (χ4n) is 4.49. The van der Waals surface area contributed by atoms with Gasteiger partial charge in [0.25, 0.3) is 0 Å². The van der Waals surface area contributed by atoms with Crippen molar-refractivity contribution in [2.45, 2.75) is 48.8 Å². The second-order valence-electron chi connectivity index (χ2n) is 7.26. The van der Waals surface area contributed by atoms with Crippen LogP contribution in [0, 0.1) is 13.8 Å². The first-order valence-electron chi connectivity index (χ1n) is 8.70. The molecule has 2 aromatic rings. The second-order valence-corrected chi connectivity index (χ2v) is 9.87. The van der Waals surface area contributed by atoms with Crippen molar-refractivity contribution >= 4 is 21.4 Å². The van der Waals surface area contributed by atoms with Gasteiger partial charge in [-0.05, 0) is 68.5 Å². The lowest BCUT2D eigenvalue weighted by molar-refractivity contribution is 0.416. The zero-order valence-corrected chi connectivity index (χ0v) is 16.0. The quantitative estimate of drug-likeness (QED) is 0.864. The largest absolute Gasteiger partial charge is 0.312 e. The summed E-state index contributed by atoms with van der Waals surface area (Å²) >= 11 is 6.24. The normalized spacial score (nSPS) is 25.5. The third-order valence-corrected chi connectivity index (χ3v) is 8.75. The maximum absolute atomic E-state index is 13.8. The summed E-state index contributed by atoms with van der Waals surface area (Å²) in [6.07, 6.45) is 2.36. The molecule has 0 aromatic heterocycles. The van der Waals surface area contributed by atoms with Gasteiger partial charge in [0, 0.05) is 11.1 Å². The number of fused-ring (bicyclic) bond motifs is 3. The number of aryl methyl sites for hydroxylation is 3. The minimum Gasteiger partial charge on any atom is -0.312 e. The van der Waals surface area contributed by atoms with Crippen molar-refractivity contribution in [2.24, 2.45) is 0 Å². The van der Waals surface area contributed by atoms with Crippen LogP contribution in [0.5, 0.6) is 0 Å². The topological polar surface area (TPSA) is 46.2 Å². The molecule has 0 amide bonds. The molecule has 1 N–H and O–H groups in total. The second kappa shape index (κ2) is 5.83. The highest BCUT2D eigenvalue weighted by atomic mass is 35.5. The van der Waals surface area contributed by atoms with E-state index in [0.717, 1.165) is 30.5 Å². The summed E-state index contributed by atoms with van der Waals surface area (Å²) in [4.78, 5) is 0.324. The third kappa shape index (κ3) is 2.38. The number of rotatable bonds is 2. The van der Waals surface area contributed by atoms with Crippen LogP contribution >= 0.6 is 11.6 Å². The molecule has 0 spiro atoms. The van der Waals surface area contributed by atoms with E-state index in [2.05, 4.69) is 18.3 Å². The minimum atomic E-state index is -3.57. The summed E-state index contributed by atoms with van der Waals surface area (Å²) in [5.41, 5.74) is 4.20. The number of nitrogens with one attached hydrogen (secondary N) is 1. The first kappa shape index (κ1) is 17.1. The van der Waals surface area contributed by atoms with Crippen LogP contribution in [0.4, 0.5) is 0 Å². The zero-order chi connectivity index (χ0) is 17.8. The van der Waals surface area contributed by atoms with Crippen LogP contribution in [-0.4, -0.2) is 21.0 Å². The maximum Gasteiger partial charge on any atom is 0.189 e. The summed E-state index contributed by atoms with van der Waals surface area (Å²) < 4.78 is 26.7. The average Bonchev–Trinajstić information content (AvgIpc) is 3.02. The molecular weight excluding hydrogens is 354 g/mol. The van der Waals surface area contributed by atoms with Gasteiger partial charge in [0.2, 0.25) is 0 Å². The molecule has 132 valence electrons.